The van der Waals surface area contributed by atoms with Gasteiger partial charge < -0.3 is 31.9 Å². The van der Waals surface area contributed by atoms with Crippen LogP contribution in [0.15, 0.2) is 30.3 Å². The van der Waals surface area contributed by atoms with E-state index < -0.39 is 66.2 Å². The lowest BCUT2D eigenvalue weighted by molar-refractivity contribution is -0.142. The molecule has 0 radical (unpaired) electrons. The van der Waals surface area contributed by atoms with Gasteiger partial charge in [0, 0.05) is 6.42 Å². The molecule has 3 amide bonds. The molecule has 35 heavy (non-hydrogen) atoms. The minimum Gasteiger partial charge on any atom is -0.481 e. The molecule has 0 spiro atoms. The Morgan fingerprint density at radius 1 is 0.829 bits per heavy atom. The zero-order valence-electron chi connectivity index (χ0n) is 20.5. The summed E-state index contributed by atoms with van der Waals surface area (Å²) >= 11 is 0. The van der Waals surface area contributed by atoms with Crippen LogP contribution in [0.2, 0.25) is 0 Å². The highest BCUT2D eigenvalue weighted by Gasteiger charge is 2.32. The van der Waals surface area contributed by atoms with Crippen LogP contribution in [0, 0.1) is 11.8 Å². The Morgan fingerprint density at radius 3 is 1.89 bits per heavy atom. The van der Waals surface area contributed by atoms with Crippen LogP contribution in [-0.4, -0.2) is 64.0 Å². The molecule has 0 aliphatic carbocycles. The van der Waals surface area contributed by atoms with Gasteiger partial charge in [-0.15, -0.1) is 0 Å². The standard InChI is InChI=1S/C24H36N4O7/c1-13(2)10-17(22(32)27-18(24(34)35)11-15-8-6-5-7-9-15)26-23(33)20(14(3)4)28-21(31)16(25)12-19(29)30/h5-9,13-14,16-18,20H,10-12,25H2,1-4H3,(H,26,33)(H,27,32)(H,28,31)(H,29,30)(H,34,35). The number of benzene rings is 1. The molecule has 0 aliphatic rings. The summed E-state index contributed by atoms with van der Waals surface area (Å²) in [4.78, 5) is 60.8. The van der Waals surface area contributed by atoms with Crippen molar-refractivity contribution in [3.05, 3.63) is 35.9 Å². The Balaban J connectivity index is 2.97. The van der Waals surface area contributed by atoms with E-state index in [1.54, 1.807) is 44.2 Å². The zero-order chi connectivity index (χ0) is 26.7. The first-order valence-electron chi connectivity index (χ1n) is 11.5. The van der Waals surface area contributed by atoms with E-state index in [0.717, 1.165) is 5.56 Å². The second-order valence-corrected chi connectivity index (χ2v) is 9.21. The lowest BCUT2D eigenvalue weighted by atomic mass is 9.99. The van der Waals surface area contributed by atoms with Crippen LogP contribution in [-0.2, 0) is 30.4 Å². The summed E-state index contributed by atoms with van der Waals surface area (Å²) in [5, 5.41) is 26.0. The summed E-state index contributed by atoms with van der Waals surface area (Å²) in [7, 11) is 0. The molecular formula is C24H36N4O7. The minimum atomic E-state index is -1.34. The molecule has 0 heterocycles. The predicted molar refractivity (Wildman–Crippen MR) is 128 cm³/mol. The summed E-state index contributed by atoms with van der Waals surface area (Å²) in [6, 6.07) is 4.15. The van der Waals surface area contributed by atoms with E-state index >= 15 is 0 Å². The second kappa shape index (κ2) is 14.1. The highest BCUT2D eigenvalue weighted by atomic mass is 16.4. The van der Waals surface area contributed by atoms with Crippen molar-refractivity contribution in [2.24, 2.45) is 17.6 Å². The summed E-state index contributed by atoms with van der Waals surface area (Å²) in [5.74, 6) is -5.01. The fraction of sp³-hybridized carbons (Fsp3) is 0.542. The summed E-state index contributed by atoms with van der Waals surface area (Å²) in [6.45, 7) is 7.03. The molecule has 0 aliphatic heterocycles. The molecule has 194 valence electrons. The molecule has 1 aromatic carbocycles. The molecule has 0 saturated heterocycles. The fourth-order valence-electron chi connectivity index (χ4n) is 3.36. The van der Waals surface area contributed by atoms with Gasteiger partial charge >= 0.3 is 11.9 Å². The van der Waals surface area contributed by atoms with Crippen LogP contribution in [0.1, 0.15) is 46.1 Å². The molecule has 11 nitrogen and oxygen atoms in total. The van der Waals surface area contributed by atoms with Crippen molar-refractivity contribution in [1.29, 1.82) is 0 Å². The maximum Gasteiger partial charge on any atom is 0.326 e. The van der Waals surface area contributed by atoms with Gasteiger partial charge in [0.1, 0.15) is 18.1 Å². The maximum atomic E-state index is 13.0. The number of carboxylic acids is 2. The monoisotopic (exact) mass is 492 g/mol. The normalized spacial score (nSPS) is 14.5. The third-order valence-electron chi connectivity index (χ3n) is 5.22. The minimum absolute atomic E-state index is 0.0143. The van der Waals surface area contributed by atoms with Crippen molar-refractivity contribution in [2.75, 3.05) is 0 Å². The number of hydrogen-bond acceptors (Lipinski definition) is 6. The average molecular weight is 493 g/mol. The first kappa shape index (κ1) is 29.6. The van der Waals surface area contributed by atoms with Crippen LogP contribution in [0.25, 0.3) is 0 Å². The van der Waals surface area contributed by atoms with E-state index in [9.17, 15) is 29.1 Å². The SMILES string of the molecule is CC(C)CC(NC(=O)C(NC(=O)C(N)CC(=O)O)C(C)C)C(=O)NC(Cc1ccccc1)C(=O)O. The number of hydrogen-bond donors (Lipinski definition) is 6. The Bertz CT molecular complexity index is 889. The molecule has 4 atom stereocenters. The lowest BCUT2D eigenvalue weighted by Gasteiger charge is -2.27. The Kier molecular flexibility index (Phi) is 11.9. The molecule has 4 unspecified atom stereocenters. The van der Waals surface area contributed by atoms with Gasteiger partial charge in [-0.1, -0.05) is 58.0 Å². The molecule has 7 N–H and O–H groups in total. The maximum absolute atomic E-state index is 13.0. The summed E-state index contributed by atoms with van der Waals surface area (Å²) in [6.07, 6.45) is -0.308. The van der Waals surface area contributed by atoms with Crippen LogP contribution in [0.5, 0.6) is 0 Å². The second-order valence-electron chi connectivity index (χ2n) is 9.21. The number of amides is 3. The molecule has 11 heteroatoms. The van der Waals surface area contributed by atoms with Gasteiger partial charge in [-0.25, -0.2) is 4.79 Å². The molecular weight excluding hydrogens is 456 g/mol. The average Bonchev–Trinajstić information content (AvgIpc) is 2.75. The van der Waals surface area contributed by atoms with Gasteiger partial charge in [0.05, 0.1) is 12.5 Å². The number of nitrogens with one attached hydrogen (secondary N) is 3. The van der Waals surface area contributed by atoms with Crippen molar-refractivity contribution in [3.8, 4) is 0 Å². The van der Waals surface area contributed by atoms with Gasteiger partial charge in [0.2, 0.25) is 17.7 Å². The van der Waals surface area contributed by atoms with Gasteiger partial charge in [-0.05, 0) is 23.8 Å². The molecule has 1 rings (SSSR count). The van der Waals surface area contributed by atoms with Gasteiger partial charge in [0.15, 0.2) is 0 Å². The number of rotatable bonds is 14. The third-order valence-corrected chi connectivity index (χ3v) is 5.22. The highest BCUT2D eigenvalue weighted by Crippen LogP contribution is 2.10. The van der Waals surface area contributed by atoms with Crippen molar-refractivity contribution in [3.63, 3.8) is 0 Å². The van der Waals surface area contributed by atoms with Gasteiger partial charge in [-0.2, -0.15) is 0 Å². The van der Waals surface area contributed by atoms with Gasteiger partial charge in [-0.3, -0.25) is 19.2 Å². The number of carbonyl (C=O) groups excluding carboxylic acids is 3. The predicted octanol–water partition coefficient (Wildman–Crippen LogP) is 0.272. The van der Waals surface area contributed by atoms with Crippen molar-refractivity contribution in [1.82, 2.24) is 16.0 Å². The highest BCUT2D eigenvalue weighted by molar-refractivity contribution is 5.94. The van der Waals surface area contributed by atoms with E-state index in [0.29, 0.717) is 0 Å². The van der Waals surface area contributed by atoms with Crippen LogP contribution >= 0.6 is 0 Å². The first-order chi connectivity index (χ1) is 16.3. The Hall–Kier alpha value is -3.47. The molecule has 0 bridgehead atoms. The van der Waals surface area contributed by atoms with Gasteiger partial charge in [0.25, 0.3) is 0 Å². The van der Waals surface area contributed by atoms with Crippen LogP contribution in [0.3, 0.4) is 0 Å². The van der Waals surface area contributed by atoms with Crippen molar-refractivity contribution in [2.45, 2.75) is 71.1 Å². The van der Waals surface area contributed by atoms with Crippen LogP contribution in [0.4, 0.5) is 0 Å². The lowest BCUT2D eigenvalue weighted by Crippen LogP contribution is -2.58. The van der Waals surface area contributed by atoms with E-state index in [4.69, 9.17) is 10.8 Å². The van der Waals surface area contributed by atoms with Crippen molar-refractivity contribution >= 4 is 29.7 Å². The molecule has 0 aromatic heterocycles. The topological polar surface area (TPSA) is 188 Å². The first-order valence-corrected chi connectivity index (χ1v) is 11.5. The third kappa shape index (κ3) is 10.6. The number of nitrogens with two attached hydrogens (primary N) is 1. The van der Waals surface area contributed by atoms with Crippen molar-refractivity contribution < 1.29 is 34.2 Å². The number of carboxylic acid groups (broad SMARTS) is 2. The number of aliphatic carboxylic acids is 2. The Morgan fingerprint density at radius 2 is 1.40 bits per heavy atom. The van der Waals surface area contributed by atoms with E-state index in [1.165, 1.54) is 0 Å². The van der Waals surface area contributed by atoms with E-state index in [-0.39, 0.29) is 18.8 Å². The molecule has 0 fully saturated rings. The summed E-state index contributed by atoms with van der Waals surface area (Å²) in [5.41, 5.74) is 6.31. The smallest absolute Gasteiger partial charge is 0.326 e. The van der Waals surface area contributed by atoms with Crippen LogP contribution < -0.4 is 21.7 Å². The van der Waals surface area contributed by atoms with E-state index in [1.807, 2.05) is 13.8 Å². The quantitative estimate of drug-likeness (QED) is 0.213. The summed E-state index contributed by atoms with van der Waals surface area (Å²) < 4.78 is 0. The molecule has 0 saturated carbocycles. The number of carbonyl (C=O) groups is 5. The Labute approximate surface area is 204 Å². The van der Waals surface area contributed by atoms with E-state index in [2.05, 4.69) is 16.0 Å². The molecule has 1 aromatic rings. The largest absolute Gasteiger partial charge is 0.481 e. The fourth-order valence-corrected chi connectivity index (χ4v) is 3.36. The zero-order valence-corrected chi connectivity index (χ0v) is 20.5.